The molecule has 1 aromatic heterocycles. The molecule has 2 rings (SSSR count). The third kappa shape index (κ3) is 4.94. The number of aliphatic hydroxyl groups is 1. The Kier molecular flexibility index (Phi) is 5.40. The Morgan fingerprint density at radius 2 is 1.92 bits per heavy atom. The maximum atomic E-state index is 12.4. The molecule has 11 heteroatoms. The van der Waals surface area contributed by atoms with Gasteiger partial charge in [-0.05, 0) is 17.7 Å². The van der Waals surface area contributed by atoms with Crippen LogP contribution in [0, 0.1) is 0 Å². The van der Waals surface area contributed by atoms with E-state index in [0.29, 0.717) is 11.3 Å². The summed E-state index contributed by atoms with van der Waals surface area (Å²) < 4.78 is 66.3. The number of methoxy groups -OCH3 is 1. The Balaban J connectivity index is 2.32. The van der Waals surface area contributed by atoms with Crippen molar-refractivity contribution in [3.05, 3.63) is 41.6 Å². The molecular weight excluding hydrogens is 363 g/mol. The summed E-state index contributed by atoms with van der Waals surface area (Å²) in [7, 11) is -2.75. The highest BCUT2D eigenvalue weighted by atomic mass is 32.2. The van der Waals surface area contributed by atoms with E-state index >= 15 is 0 Å². The predicted molar refractivity (Wildman–Crippen MR) is 81.5 cm³/mol. The Morgan fingerprint density at radius 1 is 1.32 bits per heavy atom. The maximum absolute atomic E-state index is 12.4. The number of hydrogen-bond donors (Lipinski definition) is 2. The third-order valence-electron chi connectivity index (χ3n) is 3.36. The quantitative estimate of drug-likeness (QED) is 0.780. The van der Waals surface area contributed by atoms with Gasteiger partial charge in [-0.25, -0.2) is 13.6 Å². The molecule has 7 nitrogen and oxygen atoms in total. The number of nitrogens with zero attached hydrogens (tertiary/aromatic N) is 2. The first-order chi connectivity index (χ1) is 11.5. The van der Waals surface area contributed by atoms with Gasteiger partial charge in [0.15, 0.2) is 11.1 Å². The minimum absolute atomic E-state index is 0.0812. The fraction of sp³-hybridized carbons (Fsp3) is 0.357. The van der Waals surface area contributed by atoms with E-state index in [0.717, 1.165) is 10.9 Å². The van der Waals surface area contributed by atoms with E-state index in [-0.39, 0.29) is 12.0 Å². The van der Waals surface area contributed by atoms with Gasteiger partial charge in [-0.15, -0.1) is 0 Å². The first-order valence-electron chi connectivity index (χ1n) is 6.97. The van der Waals surface area contributed by atoms with Crippen LogP contribution in [0.25, 0.3) is 0 Å². The van der Waals surface area contributed by atoms with E-state index < -0.39 is 33.9 Å². The van der Waals surface area contributed by atoms with E-state index in [1.165, 1.54) is 7.11 Å². The number of aliphatic hydroxyl groups excluding tert-OH is 1. The maximum Gasteiger partial charge on any atom is 0.416 e. The zero-order chi connectivity index (χ0) is 18.8. The van der Waals surface area contributed by atoms with Crippen LogP contribution in [0.4, 0.5) is 13.2 Å². The molecule has 2 aromatic rings. The molecule has 1 aromatic carbocycles. The van der Waals surface area contributed by atoms with Gasteiger partial charge < -0.3 is 9.84 Å². The van der Waals surface area contributed by atoms with E-state index in [1.807, 2.05) is 0 Å². The zero-order valence-electron chi connectivity index (χ0n) is 13.1. The number of aromatic nitrogens is 2. The summed E-state index contributed by atoms with van der Waals surface area (Å²) in [6.45, 7) is -0.936. The largest absolute Gasteiger partial charge is 0.497 e. The number of nitrogens with two attached hydrogens (primary N) is 1. The first kappa shape index (κ1) is 19.2. The van der Waals surface area contributed by atoms with Crippen LogP contribution < -0.4 is 9.88 Å². The van der Waals surface area contributed by atoms with Crippen LogP contribution in [-0.2, 0) is 23.0 Å². The van der Waals surface area contributed by atoms with Crippen molar-refractivity contribution in [1.82, 2.24) is 9.78 Å². The molecule has 0 bridgehead atoms. The Hall–Kier alpha value is -2.11. The molecule has 0 radical (unpaired) electrons. The summed E-state index contributed by atoms with van der Waals surface area (Å²) in [4.78, 5) is 0. The van der Waals surface area contributed by atoms with Gasteiger partial charge in [0.1, 0.15) is 5.75 Å². The molecule has 1 unspecified atom stereocenters. The number of benzene rings is 1. The number of primary sulfonamides is 1. The molecule has 1 heterocycles. The smallest absolute Gasteiger partial charge is 0.416 e. The summed E-state index contributed by atoms with van der Waals surface area (Å²) in [6, 6.07) is 6.66. The number of hydrogen-bond acceptors (Lipinski definition) is 5. The van der Waals surface area contributed by atoms with Crippen molar-refractivity contribution < 1.29 is 31.4 Å². The van der Waals surface area contributed by atoms with Gasteiger partial charge in [0, 0.05) is 18.2 Å². The van der Waals surface area contributed by atoms with Crippen molar-refractivity contribution >= 4 is 10.0 Å². The zero-order valence-corrected chi connectivity index (χ0v) is 13.9. The van der Waals surface area contributed by atoms with E-state index in [9.17, 15) is 21.6 Å². The molecule has 25 heavy (non-hydrogen) atoms. The van der Waals surface area contributed by atoms with E-state index in [4.69, 9.17) is 15.0 Å². The van der Waals surface area contributed by atoms with Gasteiger partial charge in [0.05, 0.1) is 13.7 Å². The lowest BCUT2D eigenvalue weighted by molar-refractivity contribution is -0.208. The highest BCUT2D eigenvalue weighted by molar-refractivity contribution is 7.89. The Bertz CT molecular complexity index is 832. The number of sulfonamides is 1. The predicted octanol–water partition coefficient (Wildman–Crippen LogP) is 1.05. The second kappa shape index (κ2) is 7.02. The van der Waals surface area contributed by atoms with Gasteiger partial charge in [0.2, 0.25) is 0 Å². The van der Waals surface area contributed by atoms with Gasteiger partial charge in [-0.3, -0.25) is 4.68 Å². The third-order valence-corrected chi connectivity index (χ3v) is 4.24. The number of halogens is 3. The highest BCUT2D eigenvalue weighted by Gasteiger charge is 2.38. The molecule has 138 valence electrons. The van der Waals surface area contributed by atoms with Crippen LogP contribution in [0.5, 0.6) is 5.75 Å². The second-order valence-corrected chi connectivity index (χ2v) is 6.79. The summed E-state index contributed by atoms with van der Waals surface area (Å²) in [5.74, 6) is 0.597. The lowest BCUT2D eigenvalue weighted by Gasteiger charge is -2.13. The molecule has 0 amide bonds. The SMILES string of the molecule is COc1ccc(Cc2cn(CC(O)C(F)(F)F)nc2S(N)(=O)=O)cc1. The van der Waals surface area contributed by atoms with Crippen molar-refractivity contribution in [3.63, 3.8) is 0 Å². The van der Waals surface area contributed by atoms with Gasteiger partial charge in [0.25, 0.3) is 10.0 Å². The van der Waals surface area contributed by atoms with Gasteiger partial charge >= 0.3 is 6.18 Å². The molecule has 0 aliphatic carbocycles. The monoisotopic (exact) mass is 379 g/mol. The van der Waals surface area contributed by atoms with Crippen LogP contribution in [-0.4, -0.2) is 42.7 Å². The molecule has 0 aliphatic rings. The van der Waals surface area contributed by atoms with Gasteiger partial charge in [-0.2, -0.15) is 18.3 Å². The van der Waals surface area contributed by atoms with Crippen LogP contribution in [0.3, 0.4) is 0 Å². The molecule has 0 fully saturated rings. The lowest BCUT2D eigenvalue weighted by atomic mass is 10.1. The fourth-order valence-corrected chi connectivity index (χ4v) is 2.85. The van der Waals surface area contributed by atoms with E-state index in [1.54, 1.807) is 24.3 Å². The van der Waals surface area contributed by atoms with Crippen molar-refractivity contribution in [2.24, 2.45) is 5.14 Å². The average Bonchev–Trinajstić information content (AvgIpc) is 2.90. The van der Waals surface area contributed by atoms with Crippen molar-refractivity contribution in [2.75, 3.05) is 7.11 Å². The van der Waals surface area contributed by atoms with Crippen LogP contribution in [0.2, 0.25) is 0 Å². The molecule has 3 N–H and O–H groups in total. The molecular formula is C14H16F3N3O4S. The number of alkyl halides is 3. The van der Waals surface area contributed by atoms with Crippen molar-refractivity contribution in [3.8, 4) is 5.75 Å². The topological polar surface area (TPSA) is 107 Å². The standard InChI is InChI=1S/C14H16F3N3O4S/c1-24-11-4-2-9(3-5-11)6-10-7-20(8-12(21)14(15,16)17)19-13(10)25(18,22)23/h2-5,7,12,21H,6,8H2,1H3,(H2,18,22,23). The van der Waals surface area contributed by atoms with Gasteiger partial charge in [-0.1, -0.05) is 12.1 Å². The molecule has 0 saturated heterocycles. The molecule has 0 aliphatic heterocycles. The summed E-state index contributed by atoms with van der Waals surface area (Å²) in [5, 5.41) is 17.2. The minimum atomic E-state index is -4.84. The molecule has 0 saturated carbocycles. The molecule has 0 spiro atoms. The summed E-state index contributed by atoms with van der Waals surface area (Å²) in [6.07, 6.45) is -6.31. The second-order valence-electron chi connectivity index (χ2n) is 5.31. The lowest BCUT2D eigenvalue weighted by Crippen LogP contribution is -2.33. The van der Waals surface area contributed by atoms with Crippen LogP contribution in [0.15, 0.2) is 35.5 Å². The highest BCUT2D eigenvalue weighted by Crippen LogP contribution is 2.23. The average molecular weight is 379 g/mol. The van der Waals surface area contributed by atoms with Crippen LogP contribution >= 0.6 is 0 Å². The summed E-state index contributed by atoms with van der Waals surface area (Å²) in [5.41, 5.74) is 0.809. The van der Waals surface area contributed by atoms with Crippen molar-refractivity contribution in [2.45, 2.75) is 30.3 Å². The Morgan fingerprint density at radius 3 is 2.40 bits per heavy atom. The summed E-state index contributed by atoms with van der Waals surface area (Å²) >= 11 is 0. The fourth-order valence-electron chi connectivity index (χ4n) is 2.14. The number of ether oxygens (including phenoxy) is 1. The van der Waals surface area contributed by atoms with E-state index in [2.05, 4.69) is 5.10 Å². The Labute approximate surface area is 141 Å². The van der Waals surface area contributed by atoms with Crippen LogP contribution in [0.1, 0.15) is 11.1 Å². The molecule has 1 atom stereocenters. The first-order valence-corrected chi connectivity index (χ1v) is 8.52. The minimum Gasteiger partial charge on any atom is -0.497 e. The number of rotatable bonds is 6. The normalized spacial score (nSPS) is 13.7. The van der Waals surface area contributed by atoms with Crippen molar-refractivity contribution in [1.29, 1.82) is 0 Å².